The molecule has 0 aliphatic carbocycles. The largest absolute Gasteiger partial charge is 0.282 e. The van der Waals surface area contributed by atoms with E-state index < -0.39 is 0 Å². The summed E-state index contributed by atoms with van der Waals surface area (Å²) in [5.74, 6) is 2.36. The first-order valence-corrected chi connectivity index (χ1v) is 10.3. The van der Waals surface area contributed by atoms with Crippen molar-refractivity contribution >= 4 is 52.2 Å². The molecule has 1 nitrogen and oxygen atoms in total. The molecule has 0 bridgehead atoms. The molecule has 18 heavy (non-hydrogen) atoms. The highest BCUT2D eigenvalue weighted by Gasteiger charge is 2.20. The molecule has 1 heterocycles. The van der Waals surface area contributed by atoms with E-state index in [0.29, 0.717) is 16.1 Å². The monoisotopic (exact) mass is 322 g/mol. The van der Waals surface area contributed by atoms with Crippen molar-refractivity contribution < 1.29 is 4.79 Å². The van der Waals surface area contributed by atoms with Gasteiger partial charge in [-0.3, -0.25) is 4.79 Å². The van der Waals surface area contributed by atoms with E-state index in [9.17, 15) is 4.79 Å². The fourth-order valence-corrected chi connectivity index (χ4v) is 6.76. The van der Waals surface area contributed by atoms with Crippen LogP contribution in [0.3, 0.4) is 0 Å². The Morgan fingerprint density at radius 1 is 1.44 bits per heavy atom. The lowest BCUT2D eigenvalue weighted by atomic mass is 10.3. The second-order valence-corrected chi connectivity index (χ2v) is 10.2. The van der Waals surface area contributed by atoms with Gasteiger partial charge in [0, 0.05) is 32.3 Å². The molecule has 0 N–H and O–H groups in total. The van der Waals surface area contributed by atoms with Gasteiger partial charge in [-0.2, -0.15) is 11.8 Å². The van der Waals surface area contributed by atoms with Gasteiger partial charge < -0.3 is 0 Å². The van der Waals surface area contributed by atoms with Gasteiger partial charge in [0.1, 0.15) is 0 Å². The Bertz CT molecular complexity index is 287. The molecule has 1 fully saturated rings. The molecule has 0 amide bonds. The molecule has 0 spiro atoms. The van der Waals surface area contributed by atoms with Gasteiger partial charge in [0.25, 0.3) is 0 Å². The predicted octanol–water partition coefficient (Wildman–Crippen LogP) is 4.53. The van der Waals surface area contributed by atoms with Crippen LogP contribution in [0.5, 0.6) is 0 Å². The average Bonchev–Trinajstić information content (AvgIpc) is 2.79. The van der Waals surface area contributed by atoms with Crippen LogP contribution in [0.25, 0.3) is 0 Å². The quantitative estimate of drug-likeness (QED) is 0.639. The molecule has 0 saturated carbocycles. The van der Waals surface area contributed by atoms with E-state index in [1.807, 2.05) is 11.8 Å². The van der Waals surface area contributed by atoms with Crippen LogP contribution in [0.4, 0.5) is 0 Å². The highest BCUT2D eigenvalue weighted by Crippen LogP contribution is 2.34. The van der Waals surface area contributed by atoms with Gasteiger partial charge in [0.15, 0.2) is 0 Å². The molecule has 1 aliphatic rings. The summed E-state index contributed by atoms with van der Waals surface area (Å²) in [4.78, 5) is 11.5. The molecule has 1 saturated heterocycles. The fraction of sp³-hybridized carbons (Fsp3) is 0.769. The average molecular weight is 323 g/mol. The van der Waals surface area contributed by atoms with Crippen molar-refractivity contribution in [1.82, 2.24) is 0 Å². The molecule has 104 valence electrons. The molecule has 0 aromatic carbocycles. The highest BCUT2D eigenvalue weighted by atomic mass is 32.2. The van der Waals surface area contributed by atoms with Crippen LogP contribution in [0.1, 0.15) is 27.2 Å². The van der Waals surface area contributed by atoms with E-state index in [2.05, 4.69) is 44.0 Å². The topological polar surface area (TPSA) is 17.1 Å². The Morgan fingerprint density at radius 2 is 2.17 bits per heavy atom. The van der Waals surface area contributed by atoms with Crippen LogP contribution in [-0.4, -0.2) is 37.5 Å². The van der Waals surface area contributed by atoms with Gasteiger partial charge in [-0.05, 0) is 18.9 Å². The summed E-state index contributed by atoms with van der Waals surface area (Å²) in [7, 11) is 0. The second-order valence-electron chi connectivity index (χ2n) is 4.65. The molecular formula is C13H22OS4. The Hall–Kier alpha value is 0.810. The van der Waals surface area contributed by atoms with Crippen molar-refractivity contribution in [3.63, 3.8) is 0 Å². The van der Waals surface area contributed by atoms with E-state index in [4.69, 9.17) is 0 Å². The number of thioether (sulfide) groups is 4. The van der Waals surface area contributed by atoms with Crippen LogP contribution in [0, 0.1) is 0 Å². The van der Waals surface area contributed by atoms with Gasteiger partial charge in [-0.15, -0.1) is 23.5 Å². The molecule has 0 aromatic heterocycles. The Kier molecular flexibility index (Phi) is 8.32. The van der Waals surface area contributed by atoms with Crippen molar-refractivity contribution in [2.45, 2.75) is 42.9 Å². The lowest BCUT2D eigenvalue weighted by Crippen LogP contribution is -2.13. The summed E-state index contributed by atoms with van der Waals surface area (Å²) in [6.45, 7) is 9.92. The maximum atomic E-state index is 11.5. The first kappa shape index (κ1) is 16.9. The Morgan fingerprint density at radius 3 is 2.72 bits per heavy atom. The van der Waals surface area contributed by atoms with Crippen LogP contribution in [-0.2, 0) is 4.79 Å². The number of rotatable bonds is 7. The van der Waals surface area contributed by atoms with Crippen molar-refractivity contribution in [3.05, 3.63) is 12.2 Å². The van der Waals surface area contributed by atoms with E-state index in [1.54, 1.807) is 6.92 Å². The first-order valence-electron chi connectivity index (χ1n) is 6.16. The molecule has 3 unspecified atom stereocenters. The summed E-state index contributed by atoms with van der Waals surface area (Å²) in [5.41, 5.74) is 0.657. The molecule has 3 atom stereocenters. The highest BCUT2D eigenvalue weighted by molar-refractivity contribution is 8.19. The smallest absolute Gasteiger partial charge is 0.214 e. The molecule has 1 aliphatic heterocycles. The summed E-state index contributed by atoms with van der Waals surface area (Å²) < 4.78 is 0. The lowest BCUT2D eigenvalue weighted by molar-refractivity contribution is -0.107. The maximum Gasteiger partial charge on any atom is 0.214 e. The number of hydrogen-bond acceptors (Lipinski definition) is 5. The minimum atomic E-state index is 0.138. The lowest BCUT2D eigenvalue weighted by Gasteiger charge is -2.17. The summed E-state index contributed by atoms with van der Waals surface area (Å²) >= 11 is 7.58. The SMILES string of the molecule is C=C(C)C(=O)SC(C)CSC(C)CC1CSCS1. The van der Waals surface area contributed by atoms with Gasteiger partial charge in [0.2, 0.25) is 5.12 Å². The predicted molar refractivity (Wildman–Crippen MR) is 92.1 cm³/mol. The van der Waals surface area contributed by atoms with Crippen LogP contribution in [0.2, 0.25) is 0 Å². The third-order valence-electron chi connectivity index (χ3n) is 2.56. The zero-order valence-electron chi connectivity index (χ0n) is 11.3. The molecule has 5 heteroatoms. The zero-order chi connectivity index (χ0) is 13.5. The zero-order valence-corrected chi connectivity index (χ0v) is 14.6. The molecule has 1 rings (SSSR count). The van der Waals surface area contributed by atoms with Gasteiger partial charge >= 0.3 is 0 Å². The minimum Gasteiger partial charge on any atom is -0.282 e. The van der Waals surface area contributed by atoms with Crippen LogP contribution < -0.4 is 0 Å². The van der Waals surface area contributed by atoms with Crippen LogP contribution >= 0.6 is 47.0 Å². The van der Waals surface area contributed by atoms with Gasteiger partial charge in [-0.1, -0.05) is 32.2 Å². The Labute approximate surface area is 128 Å². The number of carbonyl (C=O) groups is 1. The minimum absolute atomic E-state index is 0.138. The van der Waals surface area contributed by atoms with Gasteiger partial charge in [-0.25, -0.2) is 0 Å². The van der Waals surface area contributed by atoms with Gasteiger partial charge in [0.05, 0.1) is 0 Å². The van der Waals surface area contributed by atoms with Crippen molar-refractivity contribution in [2.24, 2.45) is 0 Å². The number of hydrogen-bond donors (Lipinski definition) is 0. The van der Waals surface area contributed by atoms with Crippen molar-refractivity contribution in [1.29, 1.82) is 0 Å². The summed E-state index contributed by atoms with van der Waals surface area (Å²) in [6.07, 6.45) is 1.30. The standard InChI is InChI=1S/C13H22OS4/c1-9(2)13(14)18-11(4)6-16-10(3)5-12-7-15-8-17-12/h10-12H,1,5-8H2,2-4H3. The van der Waals surface area contributed by atoms with E-state index >= 15 is 0 Å². The van der Waals surface area contributed by atoms with Crippen LogP contribution in [0.15, 0.2) is 12.2 Å². The maximum absolute atomic E-state index is 11.5. The second kappa shape index (κ2) is 8.88. The fourth-order valence-electron chi connectivity index (χ4n) is 1.56. The van der Waals surface area contributed by atoms with E-state index in [-0.39, 0.29) is 5.12 Å². The van der Waals surface area contributed by atoms with Crippen molar-refractivity contribution in [2.75, 3.05) is 16.6 Å². The summed E-state index contributed by atoms with van der Waals surface area (Å²) in [5, 5.41) is 3.33. The molecule has 0 aromatic rings. The van der Waals surface area contributed by atoms with E-state index in [0.717, 1.165) is 11.0 Å². The van der Waals surface area contributed by atoms with E-state index in [1.165, 1.54) is 29.0 Å². The summed E-state index contributed by atoms with van der Waals surface area (Å²) in [6, 6.07) is 0. The Balaban J connectivity index is 2.14. The third kappa shape index (κ3) is 6.83. The molecular weight excluding hydrogens is 300 g/mol. The number of carbonyl (C=O) groups excluding carboxylic acids is 1. The molecule has 0 radical (unpaired) electrons. The van der Waals surface area contributed by atoms with Crippen molar-refractivity contribution in [3.8, 4) is 0 Å². The normalized spacial score (nSPS) is 22.7. The third-order valence-corrected chi connectivity index (χ3v) is 8.24. The first-order chi connectivity index (χ1) is 8.49.